The molecule has 6 aliphatic rings. The Morgan fingerprint density at radius 3 is 1.95 bits per heavy atom. The molecule has 0 aromatic heterocycles. The standard InChI is InChI=1S/C42H70N6O7S/c1-26(2)48(27(3)4)56(54,55)25-42(22-12-9-13-23-42)46-39(53)45-35(41(7)20-10-8-11-21-41)38(52)47-24-30-32(40(30,5)6)33(47)36(50)44-31(19-16-28-14-15-28)34(49)37(51)43-29-17-18-29/h26-33,35H,8-25H2,1-7H3,(H,43,51)(H,44,50)(H2,45,46,53)/t30-,31-,32-,33-,35+/m0/s1. The predicted octanol–water partition coefficient (Wildman–Crippen LogP) is 4.78. The van der Waals surface area contributed by atoms with Gasteiger partial charge < -0.3 is 26.2 Å². The first-order valence-corrected chi connectivity index (χ1v) is 23.4. The van der Waals surface area contributed by atoms with Gasteiger partial charge in [-0.2, -0.15) is 4.31 Å². The molecule has 5 atom stereocenters. The minimum atomic E-state index is -3.75. The molecule has 0 spiro atoms. The van der Waals surface area contributed by atoms with Crippen molar-refractivity contribution in [3.05, 3.63) is 0 Å². The molecule has 13 nitrogen and oxygen atoms in total. The van der Waals surface area contributed by atoms with E-state index in [1.54, 1.807) is 4.90 Å². The van der Waals surface area contributed by atoms with Crippen molar-refractivity contribution in [1.82, 2.24) is 30.5 Å². The van der Waals surface area contributed by atoms with Crippen LogP contribution in [-0.4, -0.2) is 101 Å². The molecule has 316 valence electrons. The number of carbonyl (C=O) groups is 5. The average molecular weight is 803 g/mol. The lowest BCUT2D eigenvalue weighted by atomic mass is 9.70. The molecule has 1 aliphatic heterocycles. The van der Waals surface area contributed by atoms with Crippen LogP contribution >= 0.6 is 0 Å². The van der Waals surface area contributed by atoms with Gasteiger partial charge in [0.25, 0.3) is 5.91 Å². The van der Waals surface area contributed by atoms with Crippen molar-refractivity contribution in [2.45, 2.75) is 193 Å². The van der Waals surface area contributed by atoms with Gasteiger partial charge in [0, 0.05) is 24.7 Å². The van der Waals surface area contributed by atoms with Gasteiger partial charge in [0.2, 0.25) is 27.6 Å². The Morgan fingerprint density at radius 1 is 0.804 bits per heavy atom. The first-order chi connectivity index (χ1) is 26.3. The van der Waals surface area contributed by atoms with E-state index < -0.39 is 62.7 Å². The number of Topliss-reactive ketones (excluding diaryl/α,β-unsaturated/α-hetero) is 1. The summed E-state index contributed by atoms with van der Waals surface area (Å²) in [5.41, 5.74) is -1.76. The summed E-state index contributed by atoms with van der Waals surface area (Å²) in [6.45, 7) is 14.1. The summed E-state index contributed by atoms with van der Waals surface area (Å²) in [4.78, 5) is 71.9. The van der Waals surface area contributed by atoms with Crippen molar-refractivity contribution in [1.29, 1.82) is 0 Å². The number of fused-ring (bicyclic) bond motifs is 1. The second-order valence-corrected chi connectivity index (χ2v) is 21.8. The highest BCUT2D eigenvalue weighted by molar-refractivity contribution is 7.89. The Hall–Kier alpha value is -2.74. The summed E-state index contributed by atoms with van der Waals surface area (Å²) in [6, 6.07) is -3.80. The van der Waals surface area contributed by atoms with Gasteiger partial charge in [-0.25, -0.2) is 13.2 Å². The zero-order chi connectivity index (χ0) is 40.8. The third-order valence-corrected chi connectivity index (χ3v) is 16.7. The van der Waals surface area contributed by atoms with Crippen molar-refractivity contribution in [3.63, 3.8) is 0 Å². The van der Waals surface area contributed by atoms with E-state index in [-0.39, 0.29) is 47.0 Å². The summed E-state index contributed by atoms with van der Waals surface area (Å²) in [6.07, 6.45) is 12.8. The summed E-state index contributed by atoms with van der Waals surface area (Å²) in [5, 5.41) is 12.0. The quantitative estimate of drug-likeness (QED) is 0.153. The number of carbonyl (C=O) groups excluding carboxylic acids is 5. The van der Waals surface area contributed by atoms with E-state index in [0.29, 0.717) is 31.7 Å². The molecule has 0 radical (unpaired) electrons. The van der Waals surface area contributed by atoms with Crippen LogP contribution in [0.3, 0.4) is 0 Å². The Balaban J connectivity index is 1.23. The topological polar surface area (TPSA) is 174 Å². The number of urea groups is 1. The van der Waals surface area contributed by atoms with Gasteiger partial charge in [0.1, 0.15) is 12.1 Å². The summed E-state index contributed by atoms with van der Waals surface area (Å²) in [5.74, 6) is -1.81. The molecule has 6 fully saturated rings. The van der Waals surface area contributed by atoms with Crippen LogP contribution in [0.2, 0.25) is 0 Å². The number of hydrogen-bond acceptors (Lipinski definition) is 7. The van der Waals surface area contributed by atoms with Crippen molar-refractivity contribution >= 4 is 39.6 Å². The first-order valence-electron chi connectivity index (χ1n) is 21.8. The largest absolute Gasteiger partial charge is 0.347 e. The van der Waals surface area contributed by atoms with Gasteiger partial charge in [-0.15, -0.1) is 0 Å². The Labute approximate surface area is 335 Å². The van der Waals surface area contributed by atoms with Gasteiger partial charge in [0.15, 0.2) is 0 Å². The smallest absolute Gasteiger partial charge is 0.315 e. The van der Waals surface area contributed by atoms with Crippen LogP contribution in [0.15, 0.2) is 0 Å². The highest BCUT2D eigenvalue weighted by atomic mass is 32.2. The predicted molar refractivity (Wildman–Crippen MR) is 215 cm³/mol. The lowest BCUT2D eigenvalue weighted by molar-refractivity contribution is -0.146. The average Bonchev–Trinajstić information content (AvgIpc) is 4.07. The van der Waals surface area contributed by atoms with Crippen LogP contribution in [0.25, 0.3) is 0 Å². The molecule has 5 saturated carbocycles. The zero-order valence-electron chi connectivity index (χ0n) is 35.1. The summed E-state index contributed by atoms with van der Waals surface area (Å²) in [7, 11) is -3.75. The lowest BCUT2D eigenvalue weighted by Crippen LogP contribution is -2.65. The SMILES string of the molecule is CC(C)N(C(C)C)S(=O)(=O)CC1(NC(=O)N[C@H](C(=O)N2C[C@H]3[C@@H]([C@H]2C(=O)N[C@@H](CCC2CC2)C(=O)C(=O)NC2CC2)C3(C)C)C2(C)CCCCC2)CCCCC1. The number of nitrogens with zero attached hydrogens (tertiary/aromatic N) is 2. The number of rotatable bonds is 17. The fourth-order valence-corrected chi connectivity index (χ4v) is 13.2. The van der Waals surface area contributed by atoms with E-state index in [2.05, 4.69) is 35.1 Å². The second-order valence-electron chi connectivity index (χ2n) is 19.9. The summed E-state index contributed by atoms with van der Waals surface area (Å²) >= 11 is 0. The van der Waals surface area contributed by atoms with Gasteiger partial charge in [-0.3, -0.25) is 19.2 Å². The molecule has 5 aliphatic carbocycles. The third kappa shape index (κ3) is 9.42. The molecule has 56 heavy (non-hydrogen) atoms. The molecule has 1 heterocycles. The molecule has 0 bridgehead atoms. The van der Waals surface area contributed by atoms with Crippen LogP contribution in [0.5, 0.6) is 0 Å². The Morgan fingerprint density at radius 2 is 1.39 bits per heavy atom. The highest BCUT2D eigenvalue weighted by Crippen LogP contribution is 2.65. The van der Waals surface area contributed by atoms with Crippen LogP contribution < -0.4 is 21.3 Å². The zero-order valence-corrected chi connectivity index (χ0v) is 35.9. The van der Waals surface area contributed by atoms with Gasteiger partial charge in [0.05, 0.1) is 17.3 Å². The molecular formula is C42H70N6O7S. The normalized spacial score (nSPS) is 27.6. The van der Waals surface area contributed by atoms with Crippen molar-refractivity contribution in [2.24, 2.45) is 28.6 Å². The van der Waals surface area contributed by atoms with E-state index >= 15 is 4.79 Å². The van der Waals surface area contributed by atoms with Crippen molar-refractivity contribution in [3.8, 4) is 0 Å². The van der Waals surface area contributed by atoms with E-state index in [1.165, 1.54) is 4.31 Å². The molecule has 0 unspecified atom stereocenters. The molecule has 0 aromatic carbocycles. The molecule has 14 heteroatoms. The molecule has 5 amide bonds. The van der Waals surface area contributed by atoms with Gasteiger partial charge in [-0.05, 0) is 108 Å². The fraction of sp³-hybridized carbons (Fsp3) is 0.881. The molecule has 0 aromatic rings. The van der Waals surface area contributed by atoms with Crippen LogP contribution in [0.1, 0.15) is 151 Å². The van der Waals surface area contributed by atoms with E-state index in [1.807, 2.05) is 34.6 Å². The number of ketones is 1. The van der Waals surface area contributed by atoms with Crippen molar-refractivity contribution < 1.29 is 32.4 Å². The molecular weight excluding hydrogens is 733 g/mol. The molecule has 6 rings (SSSR count). The number of nitrogens with one attached hydrogen (secondary N) is 4. The second kappa shape index (κ2) is 16.5. The maximum absolute atomic E-state index is 15.1. The maximum Gasteiger partial charge on any atom is 0.315 e. The third-order valence-electron chi connectivity index (χ3n) is 14.3. The minimum absolute atomic E-state index is 0.0113. The number of amides is 5. The summed E-state index contributed by atoms with van der Waals surface area (Å²) < 4.78 is 29.4. The van der Waals surface area contributed by atoms with Crippen LogP contribution in [0, 0.1) is 28.6 Å². The molecule has 4 N–H and O–H groups in total. The highest BCUT2D eigenvalue weighted by Gasteiger charge is 2.70. The fourth-order valence-electron chi connectivity index (χ4n) is 10.7. The van der Waals surface area contributed by atoms with E-state index in [0.717, 1.165) is 83.5 Å². The number of sulfonamides is 1. The van der Waals surface area contributed by atoms with Crippen molar-refractivity contribution in [2.75, 3.05) is 12.3 Å². The minimum Gasteiger partial charge on any atom is -0.347 e. The monoisotopic (exact) mass is 803 g/mol. The van der Waals surface area contributed by atoms with E-state index in [9.17, 15) is 27.6 Å². The number of likely N-dealkylation sites (tertiary alicyclic amines) is 1. The molecule has 1 saturated heterocycles. The van der Waals surface area contributed by atoms with E-state index in [4.69, 9.17) is 0 Å². The lowest BCUT2D eigenvalue weighted by Gasteiger charge is -2.44. The first kappa shape index (κ1) is 42.9. The van der Waals surface area contributed by atoms with Gasteiger partial charge >= 0.3 is 6.03 Å². The Bertz CT molecular complexity index is 1600. The number of piperidine rings is 1. The van der Waals surface area contributed by atoms with Crippen LogP contribution in [-0.2, 0) is 29.2 Å². The maximum atomic E-state index is 15.1. The van der Waals surface area contributed by atoms with Crippen LogP contribution in [0.4, 0.5) is 4.79 Å². The van der Waals surface area contributed by atoms with Gasteiger partial charge in [-0.1, -0.05) is 72.1 Å². The Kier molecular flexibility index (Phi) is 12.6. The number of hydrogen-bond donors (Lipinski definition) is 4.